The van der Waals surface area contributed by atoms with E-state index < -0.39 is 0 Å². The lowest BCUT2D eigenvalue weighted by Crippen LogP contribution is -2.26. The first-order valence-electron chi connectivity index (χ1n) is 5.80. The van der Waals surface area contributed by atoms with Crippen molar-refractivity contribution >= 4 is 17.5 Å². The van der Waals surface area contributed by atoms with Crippen LogP contribution in [0.2, 0.25) is 5.02 Å². The van der Waals surface area contributed by atoms with E-state index in [0.29, 0.717) is 5.92 Å². The molecular weight excluding hydrogens is 234 g/mol. The number of hydrogen-bond acceptors (Lipinski definition) is 1. The van der Waals surface area contributed by atoms with E-state index in [9.17, 15) is 4.79 Å². The largest absolute Gasteiger partial charge is 0.339 e. The van der Waals surface area contributed by atoms with Crippen LogP contribution in [0.1, 0.15) is 23.5 Å². The summed E-state index contributed by atoms with van der Waals surface area (Å²) in [6, 6.07) is 5.98. The Morgan fingerprint density at radius 2 is 2.35 bits per heavy atom. The topological polar surface area (TPSA) is 20.3 Å². The predicted molar refractivity (Wildman–Crippen MR) is 70.3 cm³/mol. The van der Waals surface area contributed by atoms with Gasteiger partial charge in [0.15, 0.2) is 0 Å². The monoisotopic (exact) mass is 249 g/mol. The standard InChI is InChI=1S/C14H16ClNO/c1-3-14(17)16-8-7-11(9-16)12-5-4-6-13(15)10(12)2/h3-6,11H,1,7-9H2,2H3. The molecule has 90 valence electrons. The maximum atomic E-state index is 11.5. The van der Waals surface area contributed by atoms with E-state index in [1.807, 2.05) is 24.0 Å². The van der Waals surface area contributed by atoms with Crippen LogP contribution in [0.3, 0.4) is 0 Å². The first-order chi connectivity index (χ1) is 8.13. The number of rotatable bonds is 2. The van der Waals surface area contributed by atoms with Gasteiger partial charge in [0.2, 0.25) is 5.91 Å². The van der Waals surface area contributed by atoms with Crippen molar-refractivity contribution in [3.8, 4) is 0 Å². The number of benzene rings is 1. The Labute approximate surface area is 107 Å². The molecule has 1 aromatic carbocycles. The van der Waals surface area contributed by atoms with Gasteiger partial charge < -0.3 is 4.90 Å². The van der Waals surface area contributed by atoms with Gasteiger partial charge in [-0.05, 0) is 36.6 Å². The molecule has 0 aromatic heterocycles. The third-order valence-corrected chi connectivity index (χ3v) is 3.83. The summed E-state index contributed by atoms with van der Waals surface area (Å²) in [4.78, 5) is 13.4. The van der Waals surface area contributed by atoms with E-state index >= 15 is 0 Å². The molecule has 0 radical (unpaired) electrons. The number of halogens is 1. The van der Waals surface area contributed by atoms with Crippen LogP contribution in [-0.2, 0) is 4.79 Å². The lowest BCUT2D eigenvalue weighted by molar-refractivity contribution is -0.125. The maximum absolute atomic E-state index is 11.5. The van der Waals surface area contributed by atoms with Crippen molar-refractivity contribution in [2.75, 3.05) is 13.1 Å². The summed E-state index contributed by atoms with van der Waals surface area (Å²) in [6.45, 7) is 7.14. The highest BCUT2D eigenvalue weighted by molar-refractivity contribution is 6.31. The Bertz CT molecular complexity index is 456. The zero-order valence-electron chi connectivity index (χ0n) is 9.95. The quantitative estimate of drug-likeness (QED) is 0.738. The van der Waals surface area contributed by atoms with Crippen molar-refractivity contribution in [1.29, 1.82) is 0 Å². The molecule has 2 rings (SSSR count). The summed E-state index contributed by atoms with van der Waals surface area (Å²) in [7, 11) is 0. The number of hydrogen-bond donors (Lipinski definition) is 0. The molecule has 1 heterocycles. The minimum Gasteiger partial charge on any atom is -0.339 e. The van der Waals surface area contributed by atoms with Gasteiger partial charge >= 0.3 is 0 Å². The fourth-order valence-corrected chi connectivity index (χ4v) is 2.59. The van der Waals surface area contributed by atoms with Crippen molar-refractivity contribution in [3.63, 3.8) is 0 Å². The zero-order valence-corrected chi connectivity index (χ0v) is 10.7. The summed E-state index contributed by atoms with van der Waals surface area (Å²) in [5, 5.41) is 0.802. The van der Waals surface area contributed by atoms with E-state index in [-0.39, 0.29) is 5.91 Å². The van der Waals surface area contributed by atoms with Crippen LogP contribution >= 0.6 is 11.6 Å². The van der Waals surface area contributed by atoms with Gasteiger partial charge in [-0.1, -0.05) is 30.3 Å². The van der Waals surface area contributed by atoms with Crippen molar-refractivity contribution in [1.82, 2.24) is 4.90 Å². The third kappa shape index (κ3) is 2.37. The fraction of sp³-hybridized carbons (Fsp3) is 0.357. The van der Waals surface area contributed by atoms with E-state index in [0.717, 1.165) is 30.1 Å². The van der Waals surface area contributed by atoms with E-state index in [1.54, 1.807) is 0 Å². The van der Waals surface area contributed by atoms with Gasteiger partial charge in [-0.2, -0.15) is 0 Å². The molecule has 1 unspecified atom stereocenters. The smallest absolute Gasteiger partial charge is 0.245 e. The molecular formula is C14H16ClNO. The van der Waals surface area contributed by atoms with Crippen LogP contribution in [0.4, 0.5) is 0 Å². The Hall–Kier alpha value is -1.28. The lowest BCUT2D eigenvalue weighted by atomic mass is 9.94. The third-order valence-electron chi connectivity index (χ3n) is 3.42. The average Bonchev–Trinajstić information content (AvgIpc) is 2.81. The van der Waals surface area contributed by atoms with Crippen molar-refractivity contribution in [2.24, 2.45) is 0 Å². The molecule has 1 aliphatic rings. The number of nitrogens with zero attached hydrogens (tertiary/aromatic N) is 1. The molecule has 1 aromatic rings. The number of likely N-dealkylation sites (tertiary alicyclic amines) is 1. The fourth-order valence-electron chi connectivity index (χ4n) is 2.41. The van der Waals surface area contributed by atoms with E-state index in [2.05, 4.69) is 12.6 Å². The molecule has 1 saturated heterocycles. The Balaban J connectivity index is 2.18. The van der Waals surface area contributed by atoms with E-state index in [4.69, 9.17) is 11.6 Å². The van der Waals surface area contributed by atoms with Gasteiger partial charge in [-0.15, -0.1) is 0 Å². The first kappa shape index (κ1) is 12.2. The van der Waals surface area contributed by atoms with Crippen LogP contribution in [0.15, 0.2) is 30.9 Å². The Morgan fingerprint density at radius 1 is 1.59 bits per heavy atom. The molecule has 0 bridgehead atoms. The molecule has 0 saturated carbocycles. The van der Waals surface area contributed by atoms with Crippen LogP contribution in [0.5, 0.6) is 0 Å². The SMILES string of the molecule is C=CC(=O)N1CCC(c2cccc(Cl)c2C)C1. The summed E-state index contributed by atoms with van der Waals surface area (Å²) < 4.78 is 0. The zero-order chi connectivity index (χ0) is 12.4. The summed E-state index contributed by atoms with van der Waals surface area (Å²) in [5.41, 5.74) is 2.39. The molecule has 0 N–H and O–H groups in total. The number of carbonyl (C=O) groups excluding carboxylic acids is 1. The average molecular weight is 250 g/mol. The van der Waals surface area contributed by atoms with Gasteiger partial charge in [-0.3, -0.25) is 4.79 Å². The summed E-state index contributed by atoms with van der Waals surface area (Å²) >= 11 is 6.12. The molecule has 2 nitrogen and oxygen atoms in total. The first-order valence-corrected chi connectivity index (χ1v) is 6.17. The van der Waals surface area contributed by atoms with Crippen LogP contribution in [0.25, 0.3) is 0 Å². The van der Waals surface area contributed by atoms with Gasteiger partial charge in [0.1, 0.15) is 0 Å². The molecule has 1 amide bonds. The summed E-state index contributed by atoms with van der Waals surface area (Å²) in [5.74, 6) is 0.421. The van der Waals surface area contributed by atoms with Gasteiger partial charge in [0.05, 0.1) is 0 Å². The van der Waals surface area contributed by atoms with Crippen LogP contribution in [0, 0.1) is 6.92 Å². The highest BCUT2D eigenvalue weighted by Gasteiger charge is 2.27. The Morgan fingerprint density at radius 3 is 3.06 bits per heavy atom. The van der Waals surface area contributed by atoms with Crippen LogP contribution in [-0.4, -0.2) is 23.9 Å². The molecule has 1 fully saturated rings. The second-order valence-electron chi connectivity index (χ2n) is 4.43. The van der Waals surface area contributed by atoms with Gasteiger partial charge in [-0.25, -0.2) is 0 Å². The maximum Gasteiger partial charge on any atom is 0.245 e. The highest BCUT2D eigenvalue weighted by Crippen LogP contribution is 2.32. The molecule has 3 heteroatoms. The second-order valence-corrected chi connectivity index (χ2v) is 4.84. The highest BCUT2D eigenvalue weighted by atomic mass is 35.5. The Kier molecular flexibility index (Phi) is 3.53. The van der Waals surface area contributed by atoms with Crippen LogP contribution < -0.4 is 0 Å². The number of carbonyl (C=O) groups is 1. The minimum atomic E-state index is 0.0205. The second kappa shape index (κ2) is 4.92. The predicted octanol–water partition coefficient (Wildman–Crippen LogP) is 3.15. The molecule has 17 heavy (non-hydrogen) atoms. The van der Waals surface area contributed by atoms with Crippen molar-refractivity contribution in [2.45, 2.75) is 19.3 Å². The minimum absolute atomic E-state index is 0.0205. The van der Waals surface area contributed by atoms with E-state index in [1.165, 1.54) is 11.6 Å². The molecule has 1 aliphatic heterocycles. The van der Waals surface area contributed by atoms with Gasteiger partial charge in [0, 0.05) is 24.0 Å². The number of amides is 1. The van der Waals surface area contributed by atoms with Gasteiger partial charge in [0.25, 0.3) is 0 Å². The molecule has 0 spiro atoms. The van der Waals surface area contributed by atoms with Crippen molar-refractivity contribution < 1.29 is 4.79 Å². The lowest BCUT2D eigenvalue weighted by Gasteiger charge is -2.16. The normalized spacial score (nSPS) is 19.4. The molecule has 1 atom stereocenters. The van der Waals surface area contributed by atoms with Crippen molar-refractivity contribution in [3.05, 3.63) is 47.0 Å². The molecule has 0 aliphatic carbocycles. The summed E-state index contributed by atoms with van der Waals surface area (Å²) in [6.07, 6.45) is 2.38.